The Kier molecular flexibility index (Phi) is 5.84. The van der Waals surface area contributed by atoms with Crippen molar-refractivity contribution in [3.05, 3.63) is 0 Å². The van der Waals surface area contributed by atoms with Gasteiger partial charge in [0.15, 0.2) is 0 Å². The lowest BCUT2D eigenvalue weighted by Gasteiger charge is -2.36. The summed E-state index contributed by atoms with van der Waals surface area (Å²) in [7, 11) is 0. The smallest absolute Gasteiger partial charge is 0.407 e. The van der Waals surface area contributed by atoms with Crippen LogP contribution in [-0.4, -0.2) is 41.6 Å². The molecule has 1 N–H and O–H groups in total. The van der Waals surface area contributed by atoms with Crippen molar-refractivity contribution < 1.29 is 14.3 Å². The van der Waals surface area contributed by atoms with Gasteiger partial charge in [-0.3, -0.25) is 4.79 Å². The summed E-state index contributed by atoms with van der Waals surface area (Å²) in [5.74, 6) is 0.800. The first-order valence-corrected chi connectivity index (χ1v) is 7.45. The van der Waals surface area contributed by atoms with Gasteiger partial charge < -0.3 is 15.0 Å². The summed E-state index contributed by atoms with van der Waals surface area (Å²) in [6.07, 6.45) is 1.99. The Labute approximate surface area is 122 Å². The molecule has 0 spiro atoms. The molecule has 20 heavy (non-hydrogen) atoms. The van der Waals surface area contributed by atoms with E-state index < -0.39 is 11.7 Å². The Morgan fingerprint density at radius 2 is 1.95 bits per heavy atom. The fraction of sp³-hybridized carbons (Fsp3) is 0.867. The maximum absolute atomic E-state index is 12.1. The van der Waals surface area contributed by atoms with Crippen LogP contribution < -0.4 is 5.32 Å². The van der Waals surface area contributed by atoms with E-state index in [1.54, 1.807) is 0 Å². The minimum Gasteiger partial charge on any atom is -0.444 e. The van der Waals surface area contributed by atoms with Crippen LogP contribution in [0.1, 0.15) is 53.9 Å². The second-order valence-corrected chi connectivity index (χ2v) is 6.74. The monoisotopic (exact) mass is 284 g/mol. The van der Waals surface area contributed by atoms with E-state index in [4.69, 9.17) is 4.74 Å². The number of hydrogen-bond acceptors (Lipinski definition) is 3. The second kappa shape index (κ2) is 6.95. The molecule has 1 aliphatic rings. The van der Waals surface area contributed by atoms with E-state index in [1.165, 1.54) is 0 Å². The second-order valence-electron chi connectivity index (χ2n) is 6.74. The summed E-state index contributed by atoms with van der Waals surface area (Å²) < 4.78 is 5.13. The molecule has 0 aromatic rings. The highest BCUT2D eigenvalue weighted by molar-refractivity contribution is 5.77. The predicted molar refractivity (Wildman–Crippen MR) is 78.4 cm³/mol. The molecule has 1 fully saturated rings. The Hall–Kier alpha value is -1.26. The van der Waals surface area contributed by atoms with E-state index in [0.29, 0.717) is 24.9 Å². The number of nitrogens with one attached hydrogen (secondary N) is 1. The Balaban J connectivity index is 2.28. The van der Waals surface area contributed by atoms with Crippen molar-refractivity contribution in [2.24, 2.45) is 5.92 Å². The first-order chi connectivity index (χ1) is 9.19. The largest absolute Gasteiger partial charge is 0.444 e. The predicted octanol–water partition coefficient (Wildman–Crippen LogP) is 2.55. The zero-order valence-electron chi connectivity index (χ0n) is 13.4. The van der Waals surface area contributed by atoms with Crippen LogP contribution in [0.25, 0.3) is 0 Å². The number of likely N-dealkylation sites (tertiary alicyclic amines) is 1. The van der Waals surface area contributed by atoms with E-state index in [1.807, 2.05) is 25.7 Å². The number of carbonyl (C=O) groups excluding carboxylic acids is 2. The molecule has 0 aromatic heterocycles. The molecular weight excluding hydrogens is 256 g/mol. The van der Waals surface area contributed by atoms with Gasteiger partial charge in [0.2, 0.25) is 5.91 Å². The van der Waals surface area contributed by atoms with Crippen LogP contribution in [0.2, 0.25) is 0 Å². The Bertz CT molecular complexity index is 350. The molecule has 0 aliphatic carbocycles. The third kappa shape index (κ3) is 5.80. The minimum absolute atomic E-state index is 0.112. The Morgan fingerprint density at radius 3 is 2.50 bits per heavy atom. The number of piperidine rings is 1. The van der Waals surface area contributed by atoms with Crippen LogP contribution in [0.4, 0.5) is 4.79 Å². The van der Waals surface area contributed by atoms with Crippen LogP contribution in [0.15, 0.2) is 0 Å². The third-order valence-electron chi connectivity index (χ3n) is 3.47. The van der Waals surface area contributed by atoms with Gasteiger partial charge in [-0.15, -0.1) is 0 Å². The molecule has 1 rings (SSSR count). The standard InChI is InChI=1S/C15H28N2O3/c1-11-7-9-17(12(2)10-11)13(18)6-8-16-14(19)20-15(3,4)5/h11-12H,6-10H2,1-5H3,(H,16,19)/t11-,12-/m1/s1. The molecule has 0 unspecified atom stereocenters. The highest BCUT2D eigenvalue weighted by Gasteiger charge is 2.26. The molecule has 0 aromatic carbocycles. The van der Waals surface area contributed by atoms with Crippen molar-refractivity contribution in [2.45, 2.75) is 65.5 Å². The molecule has 0 bridgehead atoms. The van der Waals surface area contributed by atoms with Gasteiger partial charge in [-0.1, -0.05) is 6.92 Å². The lowest BCUT2D eigenvalue weighted by Crippen LogP contribution is -2.45. The summed E-state index contributed by atoms with van der Waals surface area (Å²) in [5.41, 5.74) is -0.508. The molecule has 0 radical (unpaired) electrons. The number of ether oxygens (including phenoxy) is 1. The number of nitrogens with zero attached hydrogens (tertiary/aromatic N) is 1. The minimum atomic E-state index is -0.508. The van der Waals surface area contributed by atoms with Crippen LogP contribution in [0.3, 0.4) is 0 Å². The fourth-order valence-electron chi connectivity index (χ4n) is 2.51. The Morgan fingerprint density at radius 1 is 1.30 bits per heavy atom. The molecule has 1 saturated heterocycles. The summed E-state index contributed by atoms with van der Waals surface area (Å²) in [4.78, 5) is 25.5. The number of hydrogen-bond donors (Lipinski definition) is 1. The third-order valence-corrected chi connectivity index (χ3v) is 3.47. The van der Waals surface area contributed by atoms with Crippen molar-refractivity contribution in [3.8, 4) is 0 Å². The van der Waals surface area contributed by atoms with Gasteiger partial charge in [-0.2, -0.15) is 0 Å². The maximum Gasteiger partial charge on any atom is 0.407 e. The van der Waals surface area contributed by atoms with Crippen LogP contribution in [0, 0.1) is 5.92 Å². The average Bonchev–Trinajstić information content (AvgIpc) is 2.25. The van der Waals surface area contributed by atoms with Crippen molar-refractivity contribution in [2.75, 3.05) is 13.1 Å². The van der Waals surface area contributed by atoms with Crippen LogP contribution in [-0.2, 0) is 9.53 Å². The zero-order chi connectivity index (χ0) is 15.3. The summed E-state index contributed by atoms with van der Waals surface area (Å²) in [6.45, 7) is 10.9. The molecule has 2 atom stereocenters. The molecule has 5 heteroatoms. The van der Waals surface area contributed by atoms with Gasteiger partial charge in [0.1, 0.15) is 5.60 Å². The van der Waals surface area contributed by atoms with Gasteiger partial charge in [-0.05, 0) is 46.5 Å². The van der Waals surface area contributed by atoms with E-state index in [0.717, 1.165) is 19.4 Å². The molecular formula is C15H28N2O3. The van der Waals surface area contributed by atoms with Crippen LogP contribution >= 0.6 is 0 Å². The van der Waals surface area contributed by atoms with Gasteiger partial charge in [0.25, 0.3) is 0 Å². The molecule has 2 amide bonds. The topological polar surface area (TPSA) is 58.6 Å². The number of rotatable bonds is 3. The quantitative estimate of drug-likeness (QED) is 0.866. The summed E-state index contributed by atoms with van der Waals surface area (Å²) >= 11 is 0. The van der Waals surface area contributed by atoms with Crippen LogP contribution in [0.5, 0.6) is 0 Å². The zero-order valence-corrected chi connectivity index (χ0v) is 13.4. The lowest BCUT2D eigenvalue weighted by molar-refractivity contribution is -0.134. The molecule has 1 aliphatic heterocycles. The number of amides is 2. The first-order valence-electron chi connectivity index (χ1n) is 7.45. The van der Waals surface area contributed by atoms with E-state index in [9.17, 15) is 9.59 Å². The van der Waals surface area contributed by atoms with E-state index in [2.05, 4.69) is 19.2 Å². The maximum atomic E-state index is 12.1. The van der Waals surface area contributed by atoms with Gasteiger partial charge in [0.05, 0.1) is 0 Å². The van der Waals surface area contributed by atoms with Crippen molar-refractivity contribution >= 4 is 12.0 Å². The molecule has 1 heterocycles. The highest BCUT2D eigenvalue weighted by Crippen LogP contribution is 2.22. The van der Waals surface area contributed by atoms with E-state index >= 15 is 0 Å². The number of alkyl carbamates (subject to hydrolysis) is 1. The first kappa shape index (κ1) is 16.8. The van der Waals surface area contributed by atoms with Gasteiger partial charge >= 0.3 is 6.09 Å². The molecule has 0 saturated carbocycles. The molecule has 5 nitrogen and oxygen atoms in total. The number of carbonyl (C=O) groups is 2. The fourth-order valence-corrected chi connectivity index (χ4v) is 2.51. The van der Waals surface area contributed by atoms with Crippen molar-refractivity contribution in [3.63, 3.8) is 0 Å². The molecule has 116 valence electrons. The summed E-state index contributed by atoms with van der Waals surface area (Å²) in [6, 6.07) is 0.299. The highest BCUT2D eigenvalue weighted by atomic mass is 16.6. The van der Waals surface area contributed by atoms with E-state index in [-0.39, 0.29) is 5.91 Å². The normalized spacial score (nSPS) is 23.4. The van der Waals surface area contributed by atoms with Gasteiger partial charge in [0, 0.05) is 25.6 Å². The van der Waals surface area contributed by atoms with Gasteiger partial charge in [-0.25, -0.2) is 4.79 Å². The lowest BCUT2D eigenvalue weighted by atomic mass is 9.93. The average molecular weight is 284 g/mol. The summed E-state index contributed by atoms with van der Waals surface area (Å²) in [5, 5.41) is 2.62. The van der Waals surface area contributed by atoms with Crippen molar-refractivity contribution in [1.82, 2.24) is 10.2 Å². The SMILES string of the molecule is C[C@@H]1CCN(C(=O)CCNC(=O)OC(C)(C)C)[C@H](C)C1. The van der Waals surface area contributed by atoms with Crippen molar-refractivity contribution in [1.29, 1.82) is 0 Å².